The third-order valence-electron chi connectivity index (χ3n) is 2.10. The Morgan fingerprint density at radius 1 is 1.12 bits per heavy atom. The Morgan fingerprint density at radius 2 is 2.00 bits per heavy atom. The van der Waals surface area contributed by atoms with Crippen molar-refractivity contribution in [1.29, 1.82) is 0 Å². The Hall–Kier alpha value is -0.540. The van der Waals surface area contributed by atoms with Gasteiger partial charge in [0.15, 0.2) is 0 Å². The first-order chi connectivity index (χ1) is 7.34. The Morgan fingerprint density at radius 3 is 2.69 bits per heavy atom. The van der Waals surface area contributed by atoms with E-state index in [2.05, 4.69) is 28.9 Å². The molecule has 1 aromatic heterocycles. The normalized spacial score (nSPS) is 9.81. The molecule has 2 rings (SSSR count). The van der Waals surface area contributed by atoms with Gasteiger partial charge in [-0.2, -0.15) is 0 Å². The van der Waals surface area contributed by atoms with E-state index in [9.17, 15) is 0 Å². The molecule has 1 heterocycles. The molecule has 0 saturated heterocycles. The summed E-state index contributed by atoms with van der Waals surface area (Å²) in [4.78, 5) is 1.36. The van der Waals surface area contributed by atoms with Crippen LogP contribution in [0.1, 0.15) is 10.4 Å². The number of benzene rings is 1. The van der Waals surface area contributed by atoms with Crippen molar-refractivity contribution < 1.29 is 0 Å². The van der Waals surface area contributed by atoms with Crippen molar-refractivity contribution in [3.05, 3.63) is 57.2 Å². The number of rotatable bonds is 4. The number of hydrogen-bond donors (Lipinski definition) is 1. The molecule has 0 amide bonds. The van der Waals surface area contributed by atoms with E-state index >= 15 is 0 Å². The molecular formula is C12H13Cl2NS. The van der Waals surface area contributed by atoms with Crippen LogP contribution in [0.25, 0.3) is 0 Å². The number of thiophene rings is 1. The van der Waals surface area contributed by atoms with Crippen LogP contribution in [0.2, 0.25) is 5.02 Å². The molecule has 0 aliphatic rings. The molecule has 4 heteroatoms. The maximum Gasteiger partial charge on any atom is 0.0409 e. The first kappa shape index (κ1) is 13.5. The number of nitrogens with one attached hydrogen (secondary N) is 1. The second-order valence-electron chi connectivity index (χ2n) is 3.31. The third kappa shape index (κ3) is 4.14. The van der Waals surface area contributed by atoms with E-state index in [0.717, 1.165) is 18.1 Å². The minimum absolute atomic E-state index is 0. The van der Waals surface area contributed by atoms with Gasteiger partial charge in [-0.25, -0.2) is 0 Å². The van der Waals surface area contributed by atoms with E-state index in [4.69, 9.17) is 11.6 Å². The molecule has 0 atom stereocenters. The molecule has 0 aliphatic heterocycles. The predicted molar refractivity (Wildman–Crippen MR) is 73.6 cm³/mol. The fourth-order valence-electron chi connectivity index (χ4n) is 1.39. The van der Waals surface area contributed by atoms with Gasteiger partial charge in [-0.1, -0.05) is 29.8 Å². The van der Waals surface area contributed by atoms with E-state index in [1.54, 1.807) is 11.3 Å². The van der Waals surface area contributed by atoms with Crippen molar-refractivity contribution in [2.75, 3.05) is 0 Å². The molecule has 0 saturated carbocycles. The van der Waals surface area contributed by atoms with Crippen molar-refractivity contribution in [3.63, 3.8) is 0 Å². The highest BCUT2D eigenvalue weighted by Gasteiger charge is 1.95. The van der Waals surface area contributed by atoms with Crippen LogP contribution in [-0.4, -0.2) is 0 Å². The van der Waals surface area contributed by atoms with Gasteiger partial charge in [-0.3, -0.25) is 0 Å². The van der Waals surface area contributed by atoms with Crippen LogP contribution >= 0.6 is 35.3 Å². The Balaban J connectivity index is 0.00000128. The lowest BCUT2D eigenvalue weighted by Crippen LogP contribution is -2.11. The zero-order valence-electron chi connectivity index (χ0n) is 8.65. The van der Waals surface area contributed by atoms with Gasteiger partial charge < -0.3 is 5.32 Å². The average molecular weight is 274 g/mol. The first-order valence-corrected chi connectivity index (χ1v) is 6.08. The van der Waals surface area contributed by atoms with Gasteiger partial charge in [0.25, 0.3) is 0 Å². The summed E-state index contributed by atoms with van der Waals surface area (Å²) in [6.45, 7) is 1.78. The molecule has 0 radical (unpaired) electrons. The monoisotopic (exact) mass is 273 g/mol. The fourth-order valence-corrected chi connectivity index (χ4v) is 2.28. The quantitative estimate of drug-likeness (QED) is 0.884. The van der Waals surface area contributed by atoms with Gasteiger partial charge in [-0.05, 0) is 29.1 Å². The lowest BCUT2D eigenvalue weighted by Gasteiger charge is -2.03. The van der Waals surface area contributed by atoms with E-state index < -0.39 is 0 Å². The van der Waals surface area contributed by atoms with Crippen LogP contribution in [0.5, 0.6) is 0 Å². The van der Waals surface area contributed by atoms with Crippen LogP contribution in [0.4, 0.5) is 0 Å². The minimum Gasteiger partial charge on any atom is -0.308 e. The number of hydrogen-bond acceptors (Lipinski definition) is 2. The fraction of sp³-hybridized carbons (Fsp3) is 0.167. The molecule has 2 aromatic rings. The highest BCUT2D eigenvalue weighted by Crippen LogP contribution is 2.11. The summed E-state index contributed by atoms with van der Waals surface area (Å²) < 4.78 is 0. The molecule has 0 aliphatic carbocycles. The van der Waals surface area contributed by atoms with Crippen molar-refractivity contribution in [2.24, 2.45) is 0 Å². The van der Waals surface area contributed by atoms with Gasteiger partial charge in [0.05, 0.1) is 0 Å². The molecule has 0 unspecified atom stereocenters. The SMILES string of the molecule is Cl.Clc1cccc(CNCc2cccs2)c1. The van der Waals surface area contributed by atoms with Crippen LogP contribution in [-0.2, 0) is 13.1 Å². The molecule has 1 nitrogen and oxygen atoms in total. The standard InChI is InChI=1S/C12H12ClNS.ClH/c13-11-4-1-3-10(7-11)8-14-9-12-5-2-6-15-12;/h1-7,14H,8-9H2;1H. The number of halogens is 2. The van der Waals surface area contributed by atoms with Gasteiger partial charge >= 0.3 is 0 Å². The molecule has 86 valence electrons. The zero-order valence-corrected chi connectivity index (χ0v) is 11.0. The summed E-state index contributed by atoms with van der Waals surface area (Å²) in [5, 5.41) is 6.27. The highest BCUT2D eigenvalue weighted by molar-refractivity contribution is 7.09. The summed E-state index contributed by atoms with van der Waals surface area (Å²) in [6, 6.07) is 12.1. The Labute approximate surface area is 111 Å². The van der Waals surface area contributed by atoms with Crippen molar-refractivity contribution in [3.8, 4) is 0 Å². The lowest BCUT2D eigenvalue weighted by atomic mass is 10.2. The molecular weight excluding hydrogens is 261 g/mol. The van der Waals surface area contributed by atoms with E-state index in [1.807, 2.05) is 18.2 Å². The largest absolute Gasteiger partial charge is 0.308 e. The van der Waals surface area contributed by atoms with Crippen LogP contribution in [0.15, 0.2) is 41.8 Å². The highest BCUT2D eigenvalue weighted by atomic mass is 35.5. The maximum atomic E-state index is 5.90. The van der Waals surface area contributed by atoms with Crippen LogP contribution in [0.3, 0.4) is 0 Å². The topological polar surface area (TPSA) is 12.0 Å². The van der Waals surface area contributed by atoms with Crippen molar-refractivity contribution in [1.82, 2.24) is 5.32 Å². The van der Waals surface area contributed by atoms with Crippen molar-refractivity contribution in [2.45, 2.75) is 13.1 Å². The molecule has 1 N–H and O–H groups in total. The summed E-state index contributed by atoms with van der Waals surface area (Å²) in [5.41, 5.74) is 1.22. The van der Waals surface area contributed by atoms with E-state index in [-0.39, 0.29) is 12.4 Å². The van der Waals surface area contributed by atoms with Gasteiger partial charge in [0, 0.05) is 23.0 Å². The second-order valence-corrected chi connectivity index (χ2v) is 4.78. The second kappa shape index (κ2) is 6.92. The van der Waals surface area contributed by atoms with E-state index in [0.29, 0.717) is 0 Å². The smallest absolute Gasteiger partial charge is 0.0409 e. The molecule has 1 aromatic carbocycles. The van der Waals surface area contributed by atoms with Gasteiger partial charge in [0.2, 0.25) is 0 Å². The molecule has 16 heavy (non-hydrogen) atoms. The Bertz CT molecular complexity index is 415. The summed E-state index contributed by atoms with van der Waals surface area (Å²) in [7, 11) is 0. The average Bonchev–Trinajstić information content (AvgIpc) is 2.71. The Kier molecular flexibility index (Phi) is 5.85. The molecule has 0 spiro atoms. The van der Waals surface area contributed by atoms with Crippen LogP contribution < -0.4 is 5.32 Å². The van der Waals surface area contributed by atoms with Crippen LogP contribution in [0, 0.1) is 0 Å². The maximum absolute atomic E-state index is 5.90. The third-order valence-corrected chi connectivity index (χ3v) is 3.21. The molecule has 0 fully saturated rings. The van der Waals surface area contributed by atoms with Gasteiger partial charge in [-0.15, -0.1) is 23.7 Å². The summed E-state index contributed by atoms with van der Waals surface area (Å²) in [5.74, 6) is 0. The predicted octanol–water partition coefficient (Wildman–Crippen LogP) is 4.11. The van der Waals surface area contributed by atoms with Gasteiger partial charge in [0.1, 0.15) is 0 Å². The van der Waals surface area contributed by atoms with E-state index in [1.165, 1.54) is 10.4 Å². The molecule has 0 bridgehead atoms. The van der Waals surface area contributed by atoms with Crippen molar-refractivity contribution >= 4 is 35.3 Å². The first-order valence-electron chi connectivity index (χ1n) is 4.82. The zero-order chi connectivity index (χ0) is 10.5. The lowest BCUT2D eigenvalue weighted by molar-refractivity contribution is 0.701. The summed E-state index contributed by atoms with van der Waals surface area (Å²) >= 11 is 7.67. The minimum atomic E-state index is 0. The summed E-state index contributed by atoms with van der Waals surface area (Å²) in [6.07, 6.45) is 0.